The normalized spacial score (nSPS) is 17.4. The summed E-state index contributed by atoms with van der Waals surface area (Å²) in [4.78, 5) is 81.4. The Morgan fingerprint density at radius 2 is 1.61 bits per heavy atom. The van der Waals surface area contributed by atoms with E-state index in [0.717, 1.165) is 40.4 Å². The highest BCUT2D eigenvalue weighted by Gasteiger charge is 2.40. The maximum Gasteiger partial charge on any atom is 0.256 e. The second-order valence-electron chi connectivity index (χ2n) is 18.3. The van der Waals surface area contributed by atoms with Gasteiger partial charge in [0.2, 0.25) is 17.7 Å². The third-order valence-electron chi connectivity index (χ3n) is 13.1. The van der Waals surface area contributed by atoms with Crippen LogP contribution in [0, 0.1) is 11.8 Å². The fraction of sp³-hybridized carbons (Fsp3) is 0.345. The average molecular weight is 1020 g/mol. The third-order valence-corrected chi connectivity index (χ3v) is 13.1. The fourth-order valence-electron chi connectivity index (χ4n) is 9.18. The number of hydrogen-bond acceptors (Lipinski definition) is 14. The molecule has 2 fully saturated rings. The Labute approximate surface area is 434 Å². The number of methoxy groups -OCH3 is 2. The van der Waals surface area contributed by atoms with Gasteiger partial charge in [-0.2, -0.15) is 10.2 Å². The van der Waals surface area contributed by atoms with E-state index in [1.165, 1.54) is 4.90 Å². The van der Waals surface area contributed by atoms with Crippen LogP contribution in [0.1, 0.15) is 75.4 Å². The molecule has 5 aromatic rings. The van der Waals surface area contributed by atoms with Crippen molar-refractivity contribution in [2.24, 2.45) is 5.10 Å². The minimum absolute atomic E-state index is 0.0627. The van der Waals surface area contributed by atoms with Gasteiger partial charge in [-0.3, -0.25) is 44.1 Å². The molecule has 20 heteroatoms. The highest BCUT2D eigenvalue weighted by atomic mass is 16.5. The van der Waals surface area contributed by atoms with E-state index >= 15 is 0 Å². The lowest BCUT2D eigenvalue weighted by molar-refractivity contribution is -0.137. The Morgan fingerprint density at radius 3 is 2.33 bits per heavy atom. The smallest absolute Gasteiger partial charge is 0.256 e. The first kappa shape index (κ1) is 52.8. The topological polar surface area (TPSA) is 238 Å². The molecule has 4 aromatic carbocycles. The zero-order chi connectivity index (χ0) is 52.8. The van der Waals surface area contributed by atoms with E-state index in [0.29, 0.717) is 53.3 Å². The van der Waals surface area contributed by atoms with Gasteiger partial charge in [0.25, 0.3) is 17.7 Å². The summed E-state index contributed by atoms with van der Waals surface area (Å²) in [5.41, 5.74) is 8.63. The number of piperidine rings is 1. The molecular formula is C55H60N10O10. The van der Waals surface area contributed by atoms with Crippen molar-refractivity contribution in [2.75, 3.05) is 70.4 Å². The Hall–Kier alpha value is -8.54. The van der Waals surface area contributed by atoms with E-state index in [1.807, 2.05) is 36.4 Å². The van der Waals surface area contributed by atoms with Gasteiger partial charge in [-0.25, -0.2) is 5.43 Å². The average Bonchev–Trinajstić information content (AvgIpc) is 4.01. The highest BCUT2D eigenvalue weighted by molar-refractivity contribution is 6.06. The number of imide groups is 1. The van der Waals surface area contributed by atoms with E-state index in [4.69, 9.17) is 18.9 Å². The second kappa shape index (κ2) is 24.9. The minimum atomic E-state index is -0.715. The number of rotatable bonds is 20. The predicted molar refractivity (Wildman–Crippen MR) is 279 cm³/mol. The monoisotopic (exact) mass is 1020 g/mol. The summed E-state index contributed by atoms with van der Waals surface area (Å²) < 4.78 is 22.0. The van der Waals surface area contributed by atoms with Gasteiger partial charge in [-0.15, -0.1) is 0 Å². The third kappa shape index (κ3) is 14.0. The van der Waals surface area contributed by atoms with Crippen LogP contribution in [0.2, 0.25) is 0 Å². The van der Waals surface area contributed by atoms with Gasteiger partial charge in [0.1, 0.15) is 36.5 Å². The van der Waals surface area contributed by atoms with Crippen LogP contribution >= 0.6 is 0 Å². The van der Waals surface area contributed by atoms with Crippen LogP contribution in [0.5, 0.6) is 17.2 Å². The van der Waals surface area contributed by atoms with Gasteiger partial charge in [0, 0.05) is 78.3 Å². The van der Waals surface area contributed by atoms with Crippen molar-refractivity contribution in [1.82, 2.24) is 36.1 Å². The van der Waals surface area contributed by atoms with Crippen molar-refractivity contribution in [3.63, 3.8) is 0 Å². The van der Waals surface area contributed by atoms with E-state index in [9.17, 15) is 28.8 Å². The maximum absolute atomic E-state index is 13.1. The summed E-state index contributed by atoms with van der Waals surface area (Å²) in [6.07, 6.45) is 3.42. The number of nitrogens with zero attached hydrogens (tertiary/aromatic N) is 5. The van der Waals surface area contributed by atoms with Gasteiger partial charge in [-0.1, -0.05) is 17.9 Å². The number of carbonyl (C=O) groups is 6. The molecule has 390 valence electrons. The van der Waals surface area contributed by atoms with Gasteiger partial charge >= 0.3 is 0 Å². The molecule has 5 N–H and O–H groups in total. The molecule has 0 spiro atoms. The molecular weight excluding hydrogens is 961 g/mol. The number of piperazine rings is 1. The molecule has 0 bridgehead atoms. The SMILES string of the molecule is COc1cc(CCc2cc(NC(=O)c3ccc(N4C[C@@H](C)N(CC(=O)N/N=C/c5ccc(OCCOCC(=O)NCC#Cc6cccc7c6CN(C6CCC(=O)NC6=O)C7=O)cc5)[C@@H](C)C4)cc3)n[nH]2)cc(OC)c1. The lowest BCUT2D eigenvalue weighted by atomic mass is 10.0. The lowest BCUT2D eigenvalue weighted by Crippen LogP contribution is -2.58. The van der Waals surface area contributed by atoms with Crippen molar-refractivity contribution in [1.29, 1.82) is 0 Å². The number of H-pyrrole nitrogens is 1. The molecule has 20 nitrogen and oxygen atoms in total. The maximum atomic E-state index is 13.1. The van der Waals surface area contributed by atoms with Crippen molar-refractivity contribution in [3.8, 4) is 29.1 Å². The molecule has 4 heterocycles. The number of aromatic amines is 1. The molecule has 1 unspecified atom stereocenters. The number of amides is 6. The first-order valence-corrected chi connectivity index (χ1v) is 24.7. The highest BCUT2D eigenvalue weighted by Crippen LogP contribution is 2.30. The van der Waals surface area contributed by atoms with Gasteiger partial charge < -0.3 is 39.4 Å². The quantitative estimate of drug-likeness (QED) is 0.0245. The molecule has 2 saturated heterocycles. The van der Waals surface area contributed by atoms with Gasteiger partial charge in [0.05, 0.1) is 40.1 Å². The number of hydrazone groups is 1. The standard InChI is InChI=1S/C55H60N10O10/c1-35-30-63(42-16-13-40(14-17-42)53(69)58-49-27-41(60-61-49)15-10-38-25-44(72-3)28-45(26-38)73-4)31-36(2)64(35)33-51(67)62-57-29-37-11-18-43(19-12-37)75-24-23-74-34-52(68)56-22-6-8-39-7-5-9-46-47(39)32-65(55(46)71)48-20-21-50(66)59-54(48)70/h5,7,9,11-14,16-19,25-29,35-36,48H,10,15,20-24,30-34H2,1-4H3,(H,56,68)(H,62,67)(H,59,66,70)(H2,58,60,61,69)/b57-29+/t35-,36+,48?. The van der Waals surface area contributed by atoms with E-state index in [-0.39, 0.29) is 93.9 Å². The number of carbonyl (C=O) groups excluding carboxylic acids is 6. The summed E-state index contributed by atoms with van der Waals surface area (Å²) in [6, 6.07) is 26.8. The Bertz CT molecular complexity index is 2950. The van der Waals surface area contributed by atoms with Gasteiger partial charge in [0.15, 0.2) is 5.82 Å². The molecule has 3 aliphatic heterocycles. The Balaban J connectivity index is 0.690. The first-order chi connectivity index (χ1) is 36.3. The number of nitrogens with one attached hydrogen (secondary N) is 5. The number of benzene rings is 4. The first-order valence-electron chi connectivity index (χ1n) is 24.7. The number of hydrogen-bond donors (Lipinski definition) is 5. The van der Waals surface area contributed by atoms with Crippen LogP contribution < -0.4 is 40.5 Å². The van der Waals surface area contributed by atoms with Crippen LogP contribution in [0.4, 0.5) is 11.5 Å². The van der Waals surface area contributed by atoms with E-state index in [1.54, 1.807) is 75.0 Å². The van der Waals surface area contributed by atoms with Crippen molar-refractivity contribution < 1.29 is 47.7 Å². The lowest BCUT2D eigenvalue weighted by Gasteiger charge is -2.45. The number of aromatic nitrogens is 2. The van der Waals surface area contributed by atoms with Crippen molar-refractivity contribution in [2.45, 2.75) is 64.2 Å². The zero-order valence-electron chi connectivity index (χ0n) is 42.3. The van der Waals surface area contributed by atoms with Crippen LogP contribution in [-0.2, 0) is 43.3 Å². The summed E-state index contributed by atoms with van der Waals surface area (Å²) >= 11 is 0. The van der Waals surface area contributed by atoms with E-state index in [2.05, 4.69) is 72.2 Å². The second-order valence-corrected chi connectivity index (χ2v) is 18.3. The molecule has 3 aliphatic rings. The molecule has 6 amide bonds. The molecule has 0 saturated carbocycles. The Morgan fingerprint density at radius 1 is 0.867 bits per heavy atom. The van der Waals surface area contributed by atoms with Crippen LogP contribution in [0.3, 0.4) is 0 Å². The van der Waals surface area contributed by atoms with E-state index < -0.39 is 11.9 Å². The predicted octanol–water partition coefficient (Wildman–Crippen LogP) is 3.84. The number of aryl methyl sites for hydroxylation is 2. The molecule has 1 aromatic heterocycles. The largest absolute Gasteiger partial charge is 0.497 e. The zero-order valence-corrected chi connectivity index (χ0v) is 42.3. The Kier molecular flexibility index (Phi) is 17.5. The summed E-state index contributed by atoms with van der Waals surface area (Å²) in [7, 11) is 3.24. The van der Waals surface area contributed by atoms with Crippen LogP contribution in [-0.4, -0.2) is 140 Å². The van der Waals surface area contributed by atoms with Crippen molar-refractivity contribution >= 4 is 53.2 Å². The van der Waals surface area contributed by atoms with Crippen molar-refractivity contribution in [3.05, 3.63) is 130 Å². The number of fused-ring (bicyclic) bond motifs is 1. The molecule has 0 aliphatic carbocycles. The fourth-order valence-corrected chi connectivity index (χ4v) is 9.18. The van der Waals surface area contributed by atoms with Crippen LogP contribution in [0.25, 0.3) is 0 Å². The summed E-state index contributed by atoms with van der Waals surface area (Å²) in [6.45, 7) is 6.21. The molecule has 3 atom stereocenters. The molecule has 0 radical (unpaired) electrons. The number of ether oxygens (including phenoxy) is 4. The summed E-state index contributed by atoms with van der Waals surface area (Å²) in [5, 5.41) is 19.3. The van der Waals surface area contributed by atoms with Crippen LogP contribution in [0.15, 0.2) is 96.1 Å². The molecule has 8 rings (SSSR count). The summed E-state index contributed by atoms with van der Waals surface area (Å²) in [5.74, 6) is 6.47. The minimum Gasteiger partial charge on any atom is -0.497 e. The van der Waals surface area contributed by atoms with Gasteiger partial charge in [-0.05, 0) is 123 Å². The number of anilines is 2. The molecule has 75 heavy (non-hydrogen) atoms.